The highest BCUT2D eigenvalue weighted by molar-refractivity contribution is 7.89. The van der Waals surface area contributed by atoms with E-state index in [0.717, 1.165) is 38.8 Å². The van der Waals surface area contributed by atoms with Crippen LogP contribution in [0, 0.1) is 0 Å². The van der Waals surface area contributed by atoms with Crippen LogP contribution in [0.1, 0.15) is 36.0 Å². The van der Waals surface area contributed by atoms with E-state index in [1.165, 1.54) is 0 Å². The highest BCUT2D eigenvalue weighted by Crippen LogP contribution is 2.22. The van der Waals surface area contributed by atoms with Crippen molar-refractivity contribution in [3.63, 3.8) is 0 Å². The molecule has 0 bridgehead atoms. The molecule has 7 heteroatoms. The molecule has 0 spiro atoms. The first kappa shape index (κ1) is 18.4. The van der Waals surface area contributed by atoms with Gasteiger partial charge in [0.2, 0.25) is 10.0 Å². The number of sulfonamides is 1. The number of amides is 1. The van der Waals surface area contributed by atoms with E-state index < -0.39 is 10.0 Å². The minimum atomic E-state index is -3.51. The van der Waals surface area contributed by atoms with Crippen molar-refractivity contribution in [2.24, 2.45) is 0 Å². The molecule has 25 heavy (non-hydrogen) atoms. The van der Waals surface area contributed by atoms with Crippen LogP contribution in [0.2, 0.25) is 0 Å². The van der Waals surface area contributed by atoms with Gasteiger partial charge in [0.05, 0.1) is 4.90 Å². The molecule has 0 saturated carbocycles. The summed E-state index contributed by atoms with van der Waals surface area (Å²) in [5, 5.41) is 0. The van der Waals surface area contributed by atoms with Crippen LogP contribution in [0.3, 0.4) is 0 Å². The number of piperidine rings is 1. The Labute approximate surface area is 150 Å². The Kier molecular flexibility index (Phi) is 5.76. The Hall–Kier alpha value is -1.44. The largest absolute Gasteiger partial charge is 0.337 e. The van der Waals surface area contributed by atoms with Crippen LogP contribution in [0.5, 0.6) is 0 Å². The third-order valence-electron chi connectivity index (χ3n) is 5.04. The Morgan fingerprint density at radius 2 is 1.68 bits per heavy atom. The summed E-state index contributed by atoms with van der Waals surface area (Å²) in [4.78, 5) is 17.1. The van der Waals surface area contributed by atoms with E-state index >= 15 is 0 Å². The second kappa shape index (κ2) is 7.85. The molecule has 0 aromatic heterocycles. The van der Waals surface area contributed by atoms with E-state index in [-0.39, 0.29) is 10.8 Å². The van der Waals surface area contributed by atoms with E-state index in [2.05, 4.69) is 11.9 Å². The summed E-state index contributed by atoms with van der Waals surface area (Å²) < 4.78 is 27.2. The predicted molar refractivity (Wildman–Crippen MR) is 97.1 cm³/mol. The lowest BCUT2D eigenvalue weighted by atomic mass is 10.2. The smallest absolute Gasteiger partial charge is 0.253 e. The predicted octanol–water partition coefficient (Wildman–Crippen LogP) is 1.64. The van der Waals surface area contributed by atoms with Gasteiger partial charge in [-0.2, -0.15) is 4.31 Å². The average molecular weight is 365 g/mol. The van der Waals surface area contributed by atoms with Crippen LogP contribution >= 0.6 is 0 Å². The van der Waals surface area contributed by atoms with Gasteiger partial charge in [0, 0.05) is 38.3 Å². The molecule has 0 N–H and O–H groups in total. The molecule has 2 fully saturated rings. The Morgan fingerprint density at radius 1 is 0.920 bits per heavy atom. The summed E-state index contributed by atoms with van der Waals surface area (Å²) in [5.41, 5.74) is 0.461. The van der Waals surface area contributed by atoms with E-state index in [4.69, 9.17) is 0 Å². The molecule has 0 aliphatic carbocycles. The molecule has 2 saturated heterocycles. The van der Waals surface area contributed by atoms with Gasteiger partial charge < -0.3 is 9.80 Å². The van der Waals surface area contributed by atoms with Crippen molar-refractivity contribution in [1.82, 2.24) is 14.1 Å². The van der Waals surface area contributed by atoms with E-state index in [0.29, 0.717) is 31.7 Å². The molecule has 0 atom stereocenters. The molecule has 1 amide bonds. The normalized spacial score (nSPS) is 21.1. The zero-order valence-corrected chi connectivity index (χ0v) is 15.7. The van der Waals surface area contributed by atoms with Gasteiger partial charge in [0.15, 0.2) is 0 Å². The lowest BCUT2D eigenvalue weighted by Crippen LogP contribution is -2.36. The van der Waals surface area contributed by atoms with Gasteiger partial charge in [-0.3, -0.25) is 4.79 Å². The topological polar surface area (TPSA) is 60.9 Å². The quantitative estimate of drug-likeness (QED) is 0.817. The minimum Gasteiger partial charge on any atom is -0.337 e. The van der Waals surface area contributed by atoms with Crippen LogP contribution in [0.4, 0.5) is 0 Å². The molecule has 3 rings (SSSR count). The number of hydrogen-bond donors (Lipinski definition) is 0. The van der Waals surface area contributed by atoms with E-state index in [1.807, 2.05) is 4.90 Å². The molecular weight excluding hydrogens is 338 g/mol. The van der Waals surface area contributed by atoms with Crippen LogP contribution in [-0.2, 0) is 10.0 Å². The highest BCUT2D eigenvalue weighted by atomic mass is 32.2. The average Bonchev–Trinajstić information content (AvgIpc) is 2.86. The minimum absolute atomic E-state index is 0.0778. The van der Waals surface area contributed by atoms with Crippen molar-refractivity contribution in [3.05, 3.63) is 29.8 Å². The second-order valence-electron chi connectivity index (χ2n) is 6.94. The zero-order valence-electron chi connectivity index (χ0n) is 14.9. The number of carbonyl (C=O) groups excluding carboxylic acids is 1. The first-order valence-corrected chi connectivity index (χ1v) is 10.5. The van der Waals surface area contributed by atoms with Crippen molar-refractivity contribution < 1.29 is 13.2 Å². The Morgan fingerprint density at radius 3 is 2.44 bits per heavy atom. The van der Waals surface area contributed by atoms with E-state index in [9.17, 15) is 13.2 Å². The second-order valence-corrected chi connectivity index (χ2v) is 8.88. The highest BCUT2D eigenvalue weighted by Gasteiger charge is 2.27. The number of benzene rings is 1. The maximum absolute atomic E-state index is 12.8. The third-order valence-corrected chi connectivity index (χ3v) is 6.94. The molecule has 2 aliphatic rings. The van der Waals surface area contributed by atoms with Gasteiger partial charge in [-0.05, 0) is 51.1 Å². The molecule has 6 nitrogen and oxygen atoms in total. The monoisotopic (exact) mass is 365 g/mol. The lowest BCUT2D eigenvalue weighted by Gasteiger charge is -2.26. The van der Waals surface area contributed by atoms with Gasteiger partial charge >= 0.3 is 0 Å². The summed E-state index contributed by atoms with van der Waals surface area (Å²) in [5.74, 6) is -0.0778. The first-order chi connectivity index (χ1) is 12.0. The van der Waals surface area contributed by atoms with Crippen molar-refractivity contribution >= 4 is 15.9 Å². The third kappa shape index (κ3) is 4.22. The molecule has 0 unspecified atom stereocenters. The molecule has 138 valence electrons. The molecular formula is C18H27N3O3S. The molecule has 1 aromatic rings. The SMILES string of the molecule is CN1CCCN(C(=O)c2cccc(S(=O)(=O)N3CCCCC3)c2)CC1. The number of nitrogens with zero attached hydrogens (tertiary/aromatic N) is 3. The van der Waals surface area contributed by atoms with Crippen LogP contribution in [0.15, 0.2) is 29.2 Å². The molecule has 2 aliphatic heterocycles. The summed E-state index contributed by atoms with van der Waals surface area (Å²) in [6.45, 7) is 4.35. The van der Waals surface area contributed by atoms with Crippen LogP contribution < -0.4 is 0 Å². The van der Waals surface area contributed by atoms with Crippen molar-refractivity contribution in [2.45, 2.75) is 30.6 Å². The zero-order chi connectivity index (χ0) is 17.9. The Balaban J connectivity index is 1.80. The van der Waals surface area contributed by atoms with Gasteiger partial charge in [0.1, 0.15) is 0 Å². The number of hydrogen-bond acceptors (Lipinski definition) is 4. The molecule has 0 radical (unpaired) electrons. The molecule has 1 aromatic carbocycles. The van der Waals surface area contributed by atoms with Crippen LogP contribution in [-0.4, -0.2) is 74.7 Å². The fraction of sp³-hybridized carbons (Fsp3) is 0.611. The fourth-order valence-corrected chi connectivity index (χ4v) is 5.04. The fourth-order valence-electron chi connectivity index (χ4n) is 3.48. The summed E-state index contributed by atoms with van der Waals surface area (Å²) in [7, 11) is -1.46. The Bertz CT molecular complexity index is 714. The van der Waals surface area contributed by atoms with Gasteiger partial charge in [-0.1, -0.05) is 12.5 Å². The van der Waals surface area contributed by atoms with Crippen molar-refractivity contribution in [1.29, 1.82) is 0 Å². The number of carbonyl (C=O) groups is 1. The van der Waals surface area contributed by atoms with Crippen LogP contribution in [0.25, 0.3) is 0 Å². The van der Waals surface area contributed by atoms with E-state index in [1.54, 1.807) is 28.6 Å². The summed E-state index contributed by atoms with van der Waals surface area (Å²) >= 11 is 0. The number of rotatable bonds is 3. The van der Waals surface area contributed by atoms with Crippen molar-refractivity contribution in [3.8, 4) is 0 Å². The summed E-state index contributed by atoms with van der Waals surface area (Å²) in [6, 6.07) is 6.53. The van der Waals surface area contributed by atoms with Gasteiger partial charge in [0.25, 0.3) is 5.91 Å². The number of likely N-dealkylation sites (N-methyl/N-ethyl adjacent to an activating group) is 1. The maximum atomic E-state index is 12.8. The van der Waals surface area contributed by atoms with Gasteiger partial charge in [-0.15, -0.1) is 0 Å². The van der Waals surface area contributed by atoms with Crippen molar-refractivity contribution in [2.75, 3.05) is 46.3 Å². The standard InChI is InChI=1S/C18H27N3O3S/c1-19-9-6-10-20(14-13-19)18(22)16-7-5-8-17(15-16)25(23,24)21-11-3-2-4-12-21/h5,7-8,15H,2-4,6,9-14H2,1H3. The summed E-state index contributed by atoms with van der Waals surface area (Å²) in [6.07, 6.45) is 3.82. The van der Waals surface area contributed by atoms with Gasteiger partial charge in [-0.25, -0.2) is 8.42 Å². The lowest BCUT2D eigenvalue weighted by molar-refractivity contribution is 0.0762. The first-order valence-electron chi connectivity index (χ1n) is 9.06. The maximum Gasteiger partial charge on any atom is 0.253 e. The molecule has 2 heterocycles.